The summed E-state index contributed by atoms with van der Waals surface area (Å²) in [5, 5.41) is 0. The van der Waals surface area contributed by atoms with Gasteiger partial charge in [0.15, 0.2) is 0 Å². The van der Waals surface area contributed by atoms with Gasteiger partial charge in [-0.05, 0) is 78.9 Å². The first-order valence-corrected chi connectivity index (χ1v) is 7.64. The minimum atomic E-state index is 0.403. The van der Waals surface area contributed by atoms with Gasteiger partial charge < -0.3 is 11.5 Å². The van der Waals surface area contributed by atoms with Crippen molar-refractivity contribution in [2.24, 2.45) is 17.3 Å². The summed E-state index contributed by atoms with van der Waals surface area (Å²) in [6.07, 6.45) is 8.49. The van der Waals surface area contributed by atoms with E-state index in [4.69, 9.17) is 11.5 Å². The zero-order valence-corrected chi connectivity index (χ0v) is 11.8. The highest BCUT2D eigenvalue weighted by atomic mass is 14.7. The molecule has 2 atom stereocenters. The van der Waals surface area contributed by atoms with Gasteiger partial charge in [0.05, 0.1) is 11.4 Å². The second kappa shape index (κ2) is 3.47. The topological polar surface area (TPSA) is 52.0 Å². The van der Waals surface area contributed by atoms with Crippen LogP contribution < -0.4 is 11.5 Å². The first kappa shape index (κ1) is 11.6. The summed E-state index contributed by atoms with van der Waals surface area (Å²) in [6.45, 7) is 2.51. The third kappa shape index (κ3) is 1.62. The van der Waals surface area contributed by atoms with Gasteiger partial charge in [-0.3, -0.25) is 0 Å². The van der Waals surface area contributed by atoms with E-state index in [0.29, 0.717) is 10.8 Å². The van der Waals surface area contributed by atoms with Crippen LogP contribution in [0.1, 0.15) is 51.0 Å². The molecule has 4 aliphatic rings. The van der Waals surface area contributed by atoms with Gasteiger partial charge in [-0.25, -0.2) is 0 Å². The smallest absolute Gasteiger partial charge is 0.0550 e. The highest BCUT2D eigenvalue weighted by molar-refractivity contribution is 5.64. The van der Waals surface area contributed by atoms with Crippen molar-refractivity contribution in [3.8, 4) is 0 Å². The van der Waals surface area contributed by atoms with Gasteiger partial charge in [0.25, 0.3) is 0 Å². The average Bonchev–Trinajstić information content (AvgIpc) is 2.29. The SMILES string of the molecule is CC12CC3CC(C1)CC(c1ccc(N)c(N)c1)(C3)C2. The van der Waals surface area contributed by atoms with E-state index in [-0.39, 0.29) is 0 Å². The van der Waals surface area contributed by atoms with Gasteiger partial charge in [0.2, 0.25) is 0 Å². The summed E-state index contributed by atoms with van der Waals surface area (Å²) in [5.41, 5.74) is 15.9. The highest BCUT2D eigenvalue weighted by Gasteiger charge is 2.56. The largest absolute Gasteiger partial charge is 0.397 e. The lowest BCUT2D eigenvalue weighted by Gasteiger charge is -2.61. The molecule has 4 saturated carbocycles. The minimum absolute atomic E-state index is 0.403. The molecule has 4 bridgehead atoms. The highest BCUT2D eigenvalue weighted by Crippen LogP contribution is 2.65. The van der Waals surface area contributed by atoms with Crippen molar-refractivity contribution in [1.29, 1.82) is 0 Å². The number of anilines is 2. The van der Waals surface area contributed by atoms with Crippen molar-refractivity contribution in [2.45, 2.75) is 50.9 Å². The van der Waals surface area contributed by atoms with E-state index in [1.165, 1.54) is 44.1 Å². The first-order valence-electron chi connectivity index (χ1n) is 7.64. The molecule has 0 spiro atoms. The fourth-order valence-electron chi connectivity index (χ4n) is 5.96. The summed E-state index contributed by atoms with van der Waals surface area (Å²) >= 11 is 0. The van der Waals surface area contributed by atoms with Gasteiger partial charge >= 0.3 is 0 Å². The fourth-order valence-corrected chi connectivity index (χ4v) is 5.96. The van der Waals surface area contributed by atoms with Crippen LogP contribution in [0, 0.1) is 17.3 Å². The summed E-state index contributed by atoms with van der Waals surface area (Å²) in [7, 11) is 0. The third-order valence-corrected chi connectivity index (χ3v) is 6.05. The number of benzene rings is 1. The maximum absolute atomic E-state index is 6.05. The van der Waals surface area contributed by atoms with E-state index >= 15 is 0 Å². The van der Waals surface area contributed by atoms with Crippen LogP contribution >= 0.6 is 0 Å². The van der Waals surface area contributed by atoms with Crippen LogP contribution in [-0.2, 0) is 5.41 Å². The van der Waals surface area contributed by atoms with Crippen LogP contribution in [0.5, 0.6) is 0 Å². The molecular weight excluding hydrogens is 232 g/mol. The Bertz CT molecular complexity index is 520. The van der Waals surface area contributed by atoms with Crippen molar-refractivity contribution in [1.82, 2.24) is 0 Å². The molecule has 4 fully saturated rings. The molecule has 0 amide bonds. The summed E-state index contributed by atoms with van der Waals surface area (Å²) in [5.74, 6) is 1.90. The molecular formula is C17H24N2. The Morgan fingerprint density at radius 3 is 2.26 bits per heavy atom. The second-order valence-corrected chi connectivity index (χ2v) is 7.90. The van der Waals surface area contributed by atoms with Crippen LogP contribution in [-0.4, -0.2) is 0 Å². The summed E-state index contributed by atoms with van der Waals surface area (Å²) in [4.78, 5) is 0. The van der Waals surface area contributed by atoms with Crippen LogP contribution in [0.4, 0.5) is 11.4 Å². The van der Waals surface area contributed by atoms with E-state index in [1.54, 1.807) is 0 Å². The van der Waals surface area contributed by atoms with Crippen LogP contribution in [0.3, 0.4) is 0 Å². The Kier molecular flexibility index (Phi) is 2.13. The van der Waals surface area contributed by atoms with E-state index in [2.05, 4.69) is 19.1 Å². The average molecular weight is 256 g/mol. The van der Waals surface area contributed by atoms with Gasteiger partial charge in [0, 0.05) is 0 Å². The third-order valence-electron chi connectivity index (χ3n) is 6.05. The molecule has 102 valence electrons. The predicted molar refractivity (Wildman–Crippen MR) is 79.7 cm³/mol. The molecule has 19 heavy (non-hydrogen) atoms. The van der Waals surface area contributed by atoms with Crippen molar-refractivity contribution in [2.75, 3.05) is 11.5 Å². The number of hydrogen-bond acceptors (Lipinski definition) is 2. The molecule has 4 aliphatic carbocycles. The molecule has 0 saturated heterocycles. The van der Waals surface area contributed by atoms with Crippen molar-refractivity contribution in [3.05, 3.63) is 23.8 Å². The number of hydrogen-bond donors (Lipinski definition) is 2. The Morgan fingerprint density at radius 2 is 1.68 bits per heavy atom. The normalized spacial score (nSPS) is 43.6. The first-order chi connectivity index (χ1) is 8.98. The minimum Gasteiger partial charge on any atom is -0.397 e. The van der Waals surface area contributed by atoms with Gasteiger partial charge in [0.1, 0.15) is 0 Å². The second-order valence-electron chi connectivity index (χ2n) is 7.90. The monoisotopic (exact) mass is 256 g/mol. The van der Waals surface area contributed by atoms with Crippen LogP contribution in [0.15, 0.2) is 18.2 Å². The zero-order chi connectivity index (χ0) is 13.3. The maximum atomic E-state index is 6.05. The fraction of sp³-hybridized carbons (Fsp3) is 0.647. The Hall–Kier alpha value is -1.18. The van der Waals surface area contributed by atoms with Crippen molar-refractivity contribution < 1.29 is 0 Å². The molecule has 2 heteroatoms. The molecule has 1 aromatic rings. The standard InChI is InChI=1S/C17H24N2/c1-16-6-11-4-12(7-16)9-17(8-11,10-16)13-2-3-14(18)15(19)5-13/h2-3,5,11-12H,4,6-10,18-19H2,1H3. The van der Waals surface area contributed by atoms with Crippen LogP contribution in [0.25, 0.3) is 0 Å². The van der Waals surface area contributed by atoms with Gasteiger partial charge in [-0.15, -0.1) is 0 Å². The lowest BCUT2D eigenvalue weighted by atomic mass is 9.43. The summed E-state index contributed by atoms with van der Waals surface area (Å²) < 4.78 is 0. The molecule has 0 radical (unpaired) electrons. The van der Waals surface area contributed by atoms with E-state index < -0.39 is 0 Å². The van der Waals surface area contributed by atoms with Gasteiger partial charge in [-0.2, -0.15) is 0 Å². The predicted octanol–water partition coefficient (Wildman–Crippen LogP) is 3.71. The van der Waals surface area contributed by atoms with Crippen molar-refractivity contribution in [3.63, 3.8) is 0 Å². The molecule has 1 aromatic carbocycles. The maximum Gasteiger partial charge on any atom is 0.0550 e. The van der Waals surface area contributed by atoms with E-state index in [9.17, 15) is 0 Å². The number of nitrogen functional groups attached to an aromatic ring is 2. The lowest BCUT2D eigenvalue weighted by molar-refractivity contribution is -0.0615. The molecule has 0 aromatic heterocycles. The lowest BCUT2D eigenvalue weighted by Crippen LogP contribution is -2.52. The number of nitrogens with two attached hydrogens (primary N) is 2. The molecule has 2 unspecified atom stereocenters. The molecule has 2 nitrogen and oxygen atoms in total. The van der Waals surface area contributed by atoms with E-state index in [1.807, 2.05) is 6.07 Å². The van der Waals surface area contributed by atoms with Crippen molar-refractivity contribution >= 4 is 11.4 Å². The zero-order valence-electron chi connectivity index (χ0n) is 11.8. The molecule has 5 rings (SSSR count). The molecule has 0 aliphatic heterocycles. The van der Waals surface area contributed by atoms with Crippen LogP contribution in [0.2, 0.25) is 0 Å². The summed E-state index contributed by atoms with van der Waals surface area (Å²) in [6, 6.07) is 6.40. The Labute approximate surface area is 115 Å². The quantitative estimate of drug-likeness (QED) is 0.753. The van der Waals surface area contributed by atoms with Gasteiger partial charge in [-0.1, -0.05) is 13.0 Å². The molecule has 0 heterocycles. The number of rotatable bonds is 1. The molecule has 4 N–H and O–H groups in total. The Balaban J connectivity index is 1.79. The Morgan fingerprint density at radius 1 is 1.00 bits per heavy atom. The van der Waals surface area contributed by atoms with E-state index in [0.717, 1.165) is 23.2 Å².